The summed E-state index contributed by atoms with van der Waals surface area (Å²) in [5, 5.41) is 3.02. The maximum atomic E-state index is 12.0. The number of carbonyl (C=O) groups excluding carboxylic acids is 3. The highest BCUT2D eigenvalue weighted by Crippen LogP contribution is 2.38. The molecule has 2 atom stereocenters. The molecule has 3 amide bonds. The molecule has 92 valence electrons. The molecule has 17 heavy (non-hydrogen) atoms. The van der Waals surface area contributed by atoms with E-state index in [1.54, 1.807) is 6.08 Å². The minimum absolute atomic E-state index is 0.196. The van der Waals surface area contributed by atoms with Crippen molar-refractivity contribution in [2.45, 2.75) is 12.8 Å². The number of halogens is 1. The van der Waals surface area contributed by atoms with Gasteiger partial charge in [0.25, 0.3) is 0 Å². The highest BCUT2D eigenvalue weighted by molar-refractivity contribution is 6.30. The van der Waals surface area contributed by atoms with E-state index >= 15 is 0 Å². The summed E-state index contributed by atoms with van der Waals surface area (Å²) >= 11 is 5.88. The van der Waals surface area contributed by atoms with Gasteiger partial charge >= 0.3 is 0 Å². The first-order valence-electron chi connectivity index (χ1n) is 5.45. The van der Waals surface area contributed by atoms with Gasteiger partial charge in [0.05, 0.1) is 11.8 Å². The first-order valence-corrected chi connectivity index (χ1v) is 5.82. The predicted molar refractivity (Wildman–Crippen MR) is 60.9 cm³/mol. The molecule has 0 unspecified atom stereocenters. The molecule has 1 heterocycles. The molecule has 1 fully saturated rings. The molecule has 0 bridgehead atoms. The fourth-order valence-electron chi connectivity index (χ4n) is 2.27. The second kappa shape index (κ2) is 4.49. The van der Waals surface area contributed by atoms with Crippen molar-refractivity contribution in [2.24, 2.45) is 11.8 Å². The first kappa shape index (κ1) is 12.1. The number of nitrogens with zero attached hydrogens (tertiary/aromatic N) is 1. The van der Waals surface area contributed by atoms with Crippen molar-refractivity contribution >= 4 is 29.3 Å². The van der Waals surface area contributed by atoms with Gasteiger partial charge in [0.15, 0.2) is 0 Å². The topological polar surface area (TPSA) is 66.5 Å². The van der Waals surface area contributed by atoms with E-state index in [1.165, 1.54) is 7.05 Å². The zero-order valence-electron chi connectivity index (χ0n) is 9.40. The molecule has 0 aromatic rings. The third-order valence-corrected chi connectivity index (χ3v) is 3.55. The number of carbonyl (C=O) groups is 3. The molecule has 0 spiro atoms. The van der Waals surface area contributed by atoms with Gasteiger partial charge in [-0.2, -0.15) is 0 Å². The quantitative estimate of drug-likeness (QED) is 0.721. The van der Waals surface area contributed by atoms with Crippen molar-refractivity contribution in [1.29, 1.82) is 0 Å². The molecule has 6 heteroatoms. The van der Waals surface area contributed by atoms with Crippen LogP contribution in [0.1, 0.15) is 12.8 Å². The van der Waals surface area contributed by atoms with E-state index in [0.717, 1.165) is 4.90 Å². The van der Waals surface area contributed by atoms with Crippen LogP contribution >= 0.6 is 11.6 Å². The van der Waals surface area contributed by atoms with E-state index in [9.17, 15) is 14.4 Å². The number of likely N-dealkylation sites (N-methyl/N-ethyl adjacent to an activating group) is 1. The van der Waals surface area contributed by atoms with Crippen LogP contribution in [0, 0.1) is 11.8 Å². The van der Waals surface area contributed by atoms with Gasteiger partial charge in [-0.1, -0.05) is 17.7 Å². The van der Waals surface area contributed by atoms with Crippen LogP contribution in [0.3, 0.4) is 0 Å². The van der Waals surface area contributed by atoms with Crippen molar-refractivity contribution in [3.63, 3.8) is 0 Å². The van der Waals surface area contributed by atoms with E-state index in [4.69, 9.17) is 11.6 Å². The lowest BCUT2D eigenvalue weighted by Gasteiger charge is -2.17. The molecule has 5 nitrogen and oxygen atoms in total. The number of nitrogens with one attached hydrogen (secondary N) is 1. The SMILES string of the molecule is CNC(=O)CN1C(=O)[C@H]2CC=C(Cl)C[C@@H]2C1=O. The number of imide groups is 1. The molecule has 2 rings (SSSR count). The van der Waals surface area contributed by atoms with Crippen LogP contribution < -0.4 is 5.32 Å². The molecule has 1 aliphatic carbocycles. The lowest BCUT2D eigenvalue weighted by molar-refractivity contribution is -0.143. The molecule has 0 saturated carbocycles. The van der Waals surface area contributed by atoms with Gasteiger partial charge in [0.1, 0.15) is 6.54 Å². The number of hydrogen-bond acceptors (Lipinski definition) is 3. The maximum Gasteiger partial charge on any atom is 0.239 e. The van der Waals surface area contributed by atoms with Gasteiger partial charge < -0.3 is 5.32 Å². The van der Waals surface area contributed by atoms with Gasteiger partial charge in [-0.25, -0.2) is 0 Å². The van der Waals surface area contributed by atoms with E-state index in [-0.39, 0.29) is 36.1 Å². The minimum Gasteiger partial charge on any atom is -0.358 e. The Labute approximate surface area is 104 Å². The normalized spacial score (nSPS) is 27.9. The van der Waals surface area contributed by atoms with Crippen LogP contribution in [0.4, 0.5) is 0 Å². The van der Waals surface area contributed by atoms with E-state index in [2.05, 4.69) is 5.32 Å². The second-order valence-electron chi connectivity index (χ2n) is 4.24. The summed E-state index contributed by atoms with van der Waals surface area (Å²) in [6, 6.07) is 0. The number of amides is 3. The maximum absolute atomic E-state index is 12.0. The van der Waals surface area contributed by atoms with E-state index in [1.807, 2.05) is 0 Å². The van der Waals surface area contributed by atoms with Crippen LogP contribution in [0.15, 0.2) is 11.1 Å². The zero-order valence-corrected chi connectivity index (χ0v) is 10.2. The standard InChI is InChI=1S/C11H13ClN2O3/c1-13-9(15)5-14-10(16)7-3-2-6(12)4-8(7)11(14)17/h2,7-8H,3-5H2,1H3,(H,13,15)/t7-,8-/m0/s1. The third kappa shape index (κ3) is 2.07. The van der Waals surface area contributed by atoms with Crippen LogP contribution in [0.25, 0.3) is 0 Å². The summed E-state index contributed by atoms with van der Waals surface area (Å²) in [5.74, 6) is -1.61. The van der Waals surface area contributed by atoms with Crippen molar-refractivity contribution in [2.75, 3.05) is 13.6 Å². The Bertz CT molecular complexity index is 419. The Morgan fingerprint density at radius 3 is 2.76 bits per heavy atom. The molecular formula is C11H13ClN2O3. The highest BCUT2D eigenvalue weighted by atomic mass is 35.5. The Morgan fingerprint density at radius 1 is 1.47 bits per heavy atom. The third-order valence-electron chi connectivity index (χ3n) is 3.24. The predicted octanol–water partition coefficient (Wildman–Crippen LogP) is 0.250. The van der Waals surface area contributed by atoms with Crippen LogP contribution in [-0.2, 0) is 14.4 Å². The van der Waals surface area contributed by atoms with Crippen LogP contribution in [0.5, 0.6) is 0 Å². The summed E-state index contributed by atoms with van der Waals surface area (Å²) in [6.07, 6.45) is 2.66. The number of likely N-dealkylation sites (tertiary alicyclic amines) is 1. The molecule has 1 saturated heterocycles. The van der Waals surface area contributed by atoms with Crippen molar-refractivity contribution in [3.05, 3.63) is 11.1 Å². The van der Waals surface area contributed by atoms with Crippen molar-refractivity contribution in [1.82, 2.24) is 10.2 Å². The molecule has 0 aromatic heterocycles. The molecule has 2 aliphatic rings. The van der Waals surface area contributed by atoms with Gasteiger partial charge in [-0.3, -0.25) is 19.3 Å². The zero-order chi connectivity index (χ0) is 12.6. The summed E-state index contributed by atoms with van der Waals surface area (Å²) in [4.78, 5) is 36.2. The monoisotopic (exact) mass is 256 g/mol. The number of rotatable bonds is 2. The first-order chi connectivity index (χ1) is 8.04. The van der Waals surface area contributed by atoms with Crippen LogP contribution in [-0.4, -0.2) is 36.2 Å². The second-order valence-corrected chi connectivity index (χ2v) is 4.73. The highest BCUT2D eigenvalue weighted by Gasteiger charge is 2.48. The fraction of sp³-hybridized carbons (Fsp3) is 0.545. The summed E-state index contributed by atoms with van der Waals surface area (Å²) < 4.78 is 0. The summed E-state index contributed by atoms with van der Waals surface area (Å²) in [5.41, 5.74) is 0. The summed E-state index contributed by atoms with van der Waals surface area (Å²) in [7, 11) is 1.47. The van der Waals surface area contributed by atoms with Gasteiger partial charge in [-0.15, -0.1) is 0 Å². The number of fused-ring (bicyclic) bond motifs is 1. The molecule has 0 aromatic carbocycles. The van der Waals surface area contributed by atoms with Crippen molar-refractivity contribution < 1.29 is 14.4 Å². The van der Waals surface area contributed by atoms with Gasteiger partial charge in [0, 0.05) is 12.1 Å². The number of allylic oxidation sites excluding steroid dienone is 2. The summed E-state index contributed by atoms with van der Waals surface area (Å²) in [6.45, 7) is -0.196. The molecule has 1 N–H and O–H groups in total. The smallest absolute Gasteiger partial charge is 0.239 e. The lowest BCUT2D eigenvalue weighted by Crippen LogP contribution is -2.39. The van der Waals surface area contributed by atoms with E-state index < -0.39 is 0 Å². The molecular weight excluding hydrogens is 244 g/mol. The lowest BCUT2D eigenvalue weighted by atomic mass is 9.85. The molecule has 1 aliphatic heterocycles. The Kier molecular flexibility index (Phi) is 3.19. The molecule has 0 radical (unpaired) electrons. The van der Waals surface area contributed by atoms with Gasteiger partial charge in [-0.05, 0) is 12.8 Å². The van der Waals surface area contributed by atoms with Crippen molar-refractivity contribution in [3.8, 4) is 0 Å². The van der Waals surface area contributed by atoms with E-state index in [0.29, 0.717) is 17.9 Å². The Balaban J connectivity index is 2.16. The average molecular weight is 257 g/mol. The Hall–Kier alpha value is -1.36. The average Bonchev–Trinajstić information content (AvgIpc) is 2.54. The van der Waals surface area contributed by atoms with Crippen LogP contribution in [0.2, 0.25) is 0 Å². The van der Waals surface area contributed by atoms with Gasteiger partial charge in [0.2, 0.25) is 17.7 Å². The fourth-order valence-corrected chi connectivity index (χ4v) is 2.53. The Morgan fingerprint density at radius 2 is 2.12 bits per heavy atom. The number of hydrogen-bond donors (Lipinski definition) is 1. The minimum atomic E-state index is -0.385. The largest absolute Gasteiger partial charge is 0.358 e.